The maximum absolute atomic E-state index is 14.4. The molecule has 2 aromatic carbocycles. The molecule has 0 amide bonds. The van der Waals surface area contributed by atoms with E-state index in [2.05, 4.69) is 15.0 Å². The zero-order chi connectivity index (χ0) is 21.5. The van der Waals surface area contributed by atoms with Gasteiger partial charge in [-0.25, -0.2) is 18.7 Å². The fourth-order valence-electron chi connectivity index (χ4n) is 3.54. The number of aromatic amines is 1. The largest absolute Gasteiger partial charge is 0.321 e. The smallest absolute Gasteiger partial charge is 0.248 e. The Morgan fingerprint density at radius 2 is 1.97 bits per heavy atom. The van der Waals surface area contributed by atoms with E-state index in [9.17, 15) is 13.6 Å². The molecule has 0 unspecified atom stereocenters. The average Bonchev–Trinajstić information content (AvgIpc) is 3.24. The molecule has 0 saturated heterocycles. The standard InChI is InChI=1S/C22H13ClF2N4OS/c23-13-2-1-3-14(9-13)29(22-21-17(6-7-31-21)26-11-27-22)10-12-8-18(30)28-20-15(12)4-5-16(24)19(20)25/h1-9,11H,10H2,(H,28,30). The predicted molar refractivity (Wildman–Crippen MR) is 119 cm³/mol. The Labute approximate surface area is 183 Å². The second-order valence-electron chi connectivity index (χ2n) is 6.84. The number of hydrogen-bond donors (Lipinski definition) is 1. The molecule has 5 rings (SSSR count). The molecule has 31 heavy (non-hydrogen) atoms. The van der Waals surface area contributed by atoms with Gasteiger partial charge in [0.1, 0.15) is 6.33 Å². The Balaban J connectivity index is 1.73. The van der Waals surface area contributed by atoms with E-state index >= 15 is 0 Å². The molecule has 9 heteroatoms. The third kappa shape index (κ3) is 3.54. The van der Waals surface area contributed by atoms with E-state index in [1.54, 1.807) is 12.1 Å². The Morgan fingerprint density at radius 1 is 1.10 bits per heavy atom. The van der Waals surface area contributed by atoms with Crippen LogP contribution in [0.25, 0.3) is 21.1 Å². The van der Waals surface area contributed by atoms with Gasteiger partial charge in [0.15, 0.2) is 17.5 Å². The van der Waals surface area contributed by atoms with Crippen LogP contribution >= 0.6 is 22.9 Å². The molecular weight excluding hydrogens is 442 g/mol. The lowest BCUT2D eigenvalue weighted by atomic mass is 10.1. The fraction of sp³-hybridized carbons (Fsp3) is 0.0455. The highest BCUT2D eigenvalue weighted by molar-refractivity contribution is 7.17. The quantitative estimate of drug-likeness (QED) is 0.372. The first-order valence-corrected chi connectivity index (χ1v) is 10.5. The van der Waals surface area contributed by atoms with Crippen molar-refractivity contribution in [2.75, 3.05) is 4.90 Å². The summed E-state index contributed by atoms with van der Waals surface area (Å²) in [5.41, 5.74) is 1.34. The lowest BCUT2D eigenvalue weighted by molar-refractivity contribution is 0.515. The number of nitrogens with zero attached hydrogens (tertiary/aromatic N) is 3. The first kappa shape index (κ1) is 19.6. The Bertz CT molecular complexity index is 1500. The molecule has 5 nitrogen and oxygen atoms in total. The number of nitrogens with one attached hydrogen (secondary N) is 1. The zero-order valence-corrected chi connectivity index (χ0v) is 17.3. The van der Waals surface area contributed by atoms with Crippen molar-refractivity contribution in [3.63, 3.8) is 0 Å². The number of rotatable bonds is 4. The number of pyridine rings is 1. The Kier molecular flexibility index (Phi) is 4.88. The molecule has 0 aliphatic heterocycles. The van der Waals surface area contributed by atoms with Crippen LogP contribution in [-0.2, 0) is 6.54 Å². The van der Waals surface area contributed by atoms with Gasteiger partial charge in [-0.05, 0) is 47.3 Å². The number of hydrogen-bond acceptors (Lipinski definition) is 5. The molecule has 0 aliphatic rings. The molecule has 0 fully saturated rings. The number of benzene rings is 2. The van der Waals surface area contributed by atoms with Gasteiger partial charge in [-0.1, -0.05) is 17.7 Å². The first-order chi connectivity index (χ1) is 15.0. The van der Waals surface area contributed by atoms with Gasteiger partial charge in [0.05, 0.1) is 22.3 Å². The molecule has 0 saturated carbocycles. The van der Waals surface area contributed by atoms with Crippen molar-refractivity contribution in [2.24, 2.45) is 0 Å². The minimum Gasteiger partial charge on any atom is -0.321 e. The van der Waals surface area contributed by atoms with Crippen molar-refractivity contribution >= 4 is 55.6 Å². The lowest BCUT2D eigenvalue weighted by Crippen LogP contribution is -2.20. The number of halogens is 3. The molecule has 0 atom stereocenters. The van der Waals surface area contributed by atoms with Crippen LogP contribution in [0.3, 0.4) is 0 Å². The molecule has 5 aromatic rings. The number of anilines is 2. The Morgan fingerprint density at radius 3 is 2.81 bits per heavy atom. The molecule has 1 N–H and O–H groups in total. The van der Waals surface area contributed by atoms with E-state index < -0.39 is 17.2 Å². The van der Waals surface area contributed by atoms with E-state index in [-0.39, 0.29) is 12.1 Å². The van der Waals surface area contributed by atoms with Crippen LogP contribution in [0.1, 0.15) is 5.56 Å². The first-order valence-electron chi connectivity index (χ1n) is 9.22. The molecule has 0 radical (unpaired) electrons. The monoisotopic (exact) mass is 454 g/mol. The topological polar surface area (TPSA) is 61.9 Å². The number of H-pyrrole nitrogens is 1. The van der Waals surface area contributed by atoms with Crippen LogP contribution in [0.4, 0.5) is 20.3 Å². The summed E-state index contributed by atoms with van der Waals surface area (Å²) >= 11 is 7.72. The summed E-state index contributed by atoms with van der Waals surface area (Å²) < 4.78 is 29.0. The average molecular weight is 455 g/mol. The minimum atomic E-state index is -1.09. The van der Waals surface area contributed by atoms with Gasteiger partial charge in [0, 0.05) is 22.2 Å². The van der Waals surface area contributed by atoms with Crippen LogP contribution < -0.4 is 10.5 Å². The van der Waals surface area contributed by atoms with E-state index in [0.717, 1.165) is 22.0 Å². The maximum atomic E-state index is 14.4. The van der Waals surface area contributed by atoms with Crippen LogP contribution in [0.5, 0.6) is 0 Å². The lowest BCUT2D eigenvalue weighted by Gasteiger charge is -2.25. The highest BCUT2D eigenvalue weighted by Crippen LogP contribution is 2.35. The maximum Gasteiger partial charge on any atom is 0.248 e. The normalized spacial score (nSPS) is 11.3. The second-order valence-corrected chi connectivity index (χ2v) is 8.19. The molecule has 3 heterocycles. The van der Waals surface area contributed by atoms with Crippen LogP contribution in [0.2, 0.25) is 5.02 Å². The summed E-state index contributed by atoms with van der Waals surface area (Å²) in [7, 11) is 0. The van der Waals surface area contributed by atoms with E-state index in [1.165, 1.54) is 29.8 Å². The predicted octanol–water partition coefficient (Wildman–Crippen LogP) is 5.80. The summed E-state index contributed by atoms with van der Waals surface area (Å²) in [6, 6.07) is 13.0. The fourth-order valence-corrected chi connectivity index (χ4v) is 4.56. The SMILES string of the molecule is O=c1cc(CN(c2cccc(Cl)c2)c2ncnc3ccsc23)c2ccc(F)c(F)c2[nH]1. The van der Waals surface area contributed by atoms with Gasteiger partial charge in [0.2, 0.25) is 5.56 Å². The van der Waals surface area contributed by atoms with Crippen molar-refractivity contribution < 1.29 is 8.78 Å². The minimum absolute atomic E-state index is 0.169. The number of thiophene rings is 1. The third-order valence-electron chi connectivity index (χ3n) is 4.92. The van der Waals surface area contributed by atoms with Gasteiger partial charge < -0.3 is 9.88 Å². The van der Waals surface area contributed by atoms with Crippen molar-refractivity contribution in [1.29, 1.82) is 0 Å². The van der Waals surface area contributed by atoms with Crippen molar-refractivity contribution in [3.05, 3.63) is 92.8 Å². The molecule has 0 aliphatic carbocycles. The summed E-state index contributed by atoms with van der Waals surface area (Å²) in [5, 5.41) is 2.85. The molecular formula is C22H13ClF2N4OS. The molecule has 3 aromatic heterocycles. The van der Waals surface area contributed by atoms with Gasteiger partial charge in [-0.2, -0.15) is 0 Å². The molecule has 154 valence electrons. The van der Waals surface area contributed by atoms with Gasteiger partial charge in [0.25, 0.3) is 0 Å². The van der Waals surface area contributed by atoms with Crippen LogP contribution in [0.15, 0.2) is 65.0 Å². The Hall–Kier alpha value is -3.36. The van der Waals surface area contributed by atoms with Gasteiger partial charge in [-0.3, -0.25) is 4.79 Å². The number of fused-ring (bicyclic) bond motifs is 2. The van der Waals surface area contributed by atoms with E-state index in [1.807, 2.05) is 28.5 Å². The van der Waals surface area contributed by atoms with Crippen LogP contribution in [-0.4, -0.2) is 15.0 Å². The van der Waals surface area contributed by atoms with E-state index in [4.69, 9.17) is 11.6 Å². The van der Waals surface area contributed by atoms with Gasteiger partial charge in [-0.15, -0.1) is 11.3 Å². The van der Waals surface area contributed by atoms with E-state index in [0.29, 0.717) is 21.8 Å². The number of aromatic nitrogens is 3. The van der Waals surface area contributed by atoms with Gasteiger partial charge >= 0.3 is 0 Å². The van der Waals surface area contributed by atoms with Crippen molar-refractivity contribution in [3.8, 4) is 0 Å². The molecule has 0 bridgehead atoms. The van der Waals surface area contributed by atoms with Crippen molar-refractivity contribution in [2.45, 2.75) is 6.54 Å². The summed E-state index contributed by atoms with van der Waals surface area (Å²) in [5.74, 6) is -1.49. The second kappa shape index (κ2) is 7.72. The summed E-state index contributed by atoms with van der Waals surface area (Å²) in [6.07, 6.45) is 1.47. The third-order valence-corrected chi connectivity index (χ3v) is 6.06. The summed E-state index contributed by atoms with van der Waals surface area (Å²) in [4.78, 5) is 25.3. The summed E-state index contributed by atoms with van der Waals surface area (Å²) in [6.45, 7) is 0.176. The highest BCUT2D eigenvalue weighted by Gasteiger charge is 2.19. The van der Waals surface area contributed by atoms with Crippen LogP contribution in [0, 0.1) is 11.6 Å². The zero-order valence-electron chi connectivity index (χ0n) is 15.8. The highest BCUT2D eigenvalue weighted by atomic mass is 35.5. The molecule has 0 spiro atoms. The van der Waals surface area contributed by atoms with Crippen molar-refractivity contribution in [1.82, 2.24) is 15.0 Å².